The Labute approximate surface area is 118 Å². The van der Waals surface area contributed by atoms with E-state index in [1.165, 1.54) is 23.3 Å². The molecular formula is C16H17ClFN. The molecule has 2 aromatic rings. The van der Waals surface area contributed by atoms with Gasteiger partial charge in [-0.05, 0) is 43.2 Å². The molecular weight excluding hydrogens is 261 g/mol. The number of rotatable bonds is 4. The summed E-state index contributed by atoms with van der Waals surface area (Å²) < 4.78 is 13.2. The highest BCUT2D eigenvalue weighted by molar-refractivity contribution is 6.30. The molecule has 0 saturated heterocycles. The monoisotopic (exact) mass is 277 g/mol. The van der Waals surface area contributed by atoms with Crippen LogP contribution in [0.25, 0.3) is 0 Å². The van der Waals surface area contributed by atoms with Crippen LogP contribution >= 0.6 is 11.6 Å². The van der Waals surface area contributed by atoms with Crippen molar-refractivity contribution in [3.63, 3.8) is 0 Å². The van der Waals surface area contributed by atoms with Crippen LogP contribution in [0.1, 0.15) is 29.7 Å². The lowest BCUT2D eigenvalue weighted by atomic mass is 10.1. The molecule has 0 bridgehead atoms. The average molecular weight is 278 g/mol. The van der Waals surface area contributed by atoms with Gasteiger partial charge in [-0.25, -0.2) is 4.39 Å². The van der Waals surface area contributed by atoms with E-state index in [9.17, 15) is 4.39 Å². The molecule has 2 aromatic carbocycles. The summed E-state index contributed by atoms with van der Waals surface area (Å²) in [6, 6.07) is 13.2. The molecule has 100 valence electrons. The van der Waals surface area contributed by atoms with Crippen molar-refractivity contribution in [3.8, 4) is 0 Å². The zero-order chi connectivity index (χ0) is 13.8. The van der Waals surface area contributed by atoms with Gasteiger partial charge in [0.15, 0.2) is 0 Å². The maximum Gasteiger partial charge on any atom is 0.125 e. The van der Waals surface area contributed by atoms with Crippen molar-refractivity contribution in [2.45, 2.75) is 26.4 Å². The number of hydrogen-bond donors (Lipinski definition) is 1. The second-order valence-corrected chi connectivity index (χ2v) is 5.23. The Bertz CT molecular complexity index is 531. The molecule has 0 aliphatic rings. The topological polar surface area (TPSA) is 12.0 Å². The third-order valence-corrected chi connectivity index (χ3v) is 3.33. The number of aryl methyl sites for hydroxylation is 1. The molecule has 0 aromatic heterocycles. The molecule has 0 fully saturated rings. The van der Waals surface area contributed by atoms with Gasteiger partial charge in [-0.1, -0.05) is 41.4 Å². The molecule has 2 rings (SSSR count). The first-order valence-electron chi connectivity index (χ1n) is 6.29. The third-order valence-electron chi connectivity index (χ3n) is 3.11. The minimum atomic E-state index is -0.299. The molecule has 19 heavy (non-hydrogen) atoms. The second-order valence-electron chi connectivity index (χ2n) is 4.79. The molecule has 0 spiro atoms. The van der Waals surface area contributed by atoms with Crippen molar-refractivity contribution in [3.05, 3.63) is 70.0 Å². The van der Waals surface area contributed by atoms with Crippen LogP contribution in [0.15, 0.2) is 42.5 Å². The Morgan fingerprint density at radius 3 is 2.47 bits per heavy atom. The number of nitrogens with one attached hydrogen (secondary N) is 1. The first kappa shape index (κ1) is 14.0. The summed E-state index contributed by atoms with van der Waals surface area (Å²) in [5.74, 6) is -0.299. The summed E-state index contributed by atoms with van der Waals surface area (Å²) in [5.41, 5.74) is 3.31. The van der Waals surface area contributed by atoms with Crippen LogP contribution < -0.4 is 5.32 Å². The molecule has 0 saturated carbocycles. The van der Waals surface area contributed by atoms with Crippen LogP contribution in [0.5, 0.6) is 0 Å². The molecule has 0 amide bonds. The summed E-state index contributed by atoms with van der Waals surface area (Å²) in [6.07, 6.45) is 0. The highest BCUT2D eigenvalue weighted by atomic mass is 35.5. The van der Waals surface area contributed by atoms with Crippen LogP contribution in [0.3, 0.4) is 0 Å². The predicted molar refractivity (Wildman–Crippen MR) is 77.8 cm³/mol. The second kappa shape index (κ2) is 6.18. The molecule has 0 aliphatic heterocycles. The quantitative estimate of drug-likeness (QED) is 0.858. The van der Waals surface area contributed by atoms with Crippen LogP contribution in [0, 0.1) is 12.7 Å². The summed E-state index contributed by atoms with van der Waals surface area (Å²) in [4.78, 5) is 0. The summed E-state index contributed by atoms with van der Waals surface area (Å²) >= 11 is 5.83. The molecule has 1 nitrogen and oxygen atoms in total. The number of benzene rings is 2. The standard InChI is InChI=1S/C16H17ClFN/c1-11-3-5-14(6-4-11)12(2)19-10-13-7-15(17)9-16(18)8-13/h3-9,12,19H,10H2,1-2H3/t12-/m1/s1. The molecule has 1 atom stereocenters. The van der Waals surface area contributed by atoms with Crippen molar-refractivity contribution >= 4 is 11.6 Å². The van der Waals surface area contributed by atoms with Crippen LogP contribution in [0.2, 0.25) is 5.02 Å². The van der Waals surface area contributed by atoms with E-state index in [2.05, 4.69) is 43.4 Å². The van der Waals surface area contributed by atoms with E-state index in [0.717, 1.165) is 5.56 Å². The van der Waals surface area contributed by atoms with E-state index in [4.69, 9.17) is 11.6 Å². The molecule has 1 N–H and O–H groups in total. The maximum absolute atomic E-state index is 13.2. The molecule has 3 heteroatoms. The summed E-state index contributed by atoms with van der Waals surface area (Å²) in [5, 5.41) is 3.79. The zero-order valence-electron chi connectivity index (χ0n) is 11.1. The lowest BCUT2D eigenvalue weighted by Gasteiger charge is -2.14. The smallest absolute Gasteiger partial charge is 0.125 e. The van der Waals surface area contributed by atoms with Crippen LogP contribution in [-0.4, -0.2) is 0 Å². The Balaban J connectivity index is 1.99. The van der Waals surface area contributed by atoms with Gasteiger partial charge < -0.3 is 5.32 Å². The average Bonchev–Trinajstić information content (AvgIpc) is 2.36. The molecule has 0 unspecified atom stereocenters. The van der Waals surface area contributed by atoms with Gasteiger partial charge in [0.05, 0.1) is 0 Å². The molecule has 0 radical (unpaired) electrons. The van der Waals surface area contributed by atoms with E-state index in [1.807, 2.05) is 0 Å². The van der Waals surface area contributed by atoms with Crippen LogP contribution in [-0.2, 0) is 6.54 Å². The maximum atomic E-state index is 13.2. The SMILES string of the molecule is Cc1ccc([C@@H](C)NCc2cc(F)cc(Cl)c2)cc1. The minimum absolute atomic E-state index is 0.211. The third kappa shape index (κ3) is 4.05. The van der Waals surface area contributed by atoms with Gasteiger partial charge >= 0.3 is 0 Å². The Morgan fingerprint density at radius 2 is 1.84 bits per heavy atom. The van der Waals surface area contributed by atoms with Crippen molar-refractivity contribution in [2.24, 2.45) is 0 Å². The first-order valence-corrected chi connectivity index (χ1v) is 6.67. The van der Waals surface area contributed by atoms with Crippen LogP contribution in [0.4, 0.5) is 4.39 Å². The van der Waals surface area contributed by atoms with E-state index in [-0.39, 0.29) is 11.9 Å². The summed E-state index contributed by atoms with van der Waals surface area (Å²) in [7, 11) is 0. The van der Waals surface area contributed by atoms with Crippen molar-refractivity contribution in [2.75, 3.05) is 0 Å². The summed E-state index contributed by atoms with van der Waals surface area (Å²) in [6.45, 7) is 4.74. The fourth-order valence-electron chi connectivity index (χ4n) is 1.96. The van der Waals surface area contributed by atoms with Gasteiger partial charge in [-0.3, -0.25) is 0 Å². The van der Waals surface area contributed by atoms with E-state index < -0.39 is 0 Å². The Hall–Kier alpha value is -1.38. The van der Waals surface area contributed by atoms with Crippen molar-refractivity contribution in [1.29, 1.82) is 0 Å². The lowest BCUT2D eigenvalue weighted by molar-refractivity contribution is 0.569. The minimum Gasteiger partial charge on any atom is -0.306 e. The van der Waals surface area contributed by atoms with Gasteiger partial charge in [0.25, 0.3) is 0 Å². The van der Waals surface area contributed by atoms with Gasteiger partial charge in [0, 0.05) is 17.6 Å². The van der Waals surface area contributed by atoms with Gasteiger partial charge in [0.1, 0.15) is 5.82 Å². The Morgan fingerprint density at radius 1 is 1.16 bits per heavy atom. The highest BCUT2D eigenvalue weighted by Crippen LogP contribution is 2.17. The van der Waals surface area contributed by atoms with E-state index in [1.54, 1.807) is 6.07 Å². The highest BCUT2D eigenvalue weighted by Gasteiger charge is 2.05. The van der Waals surface area contributed by atoms with E-state index in [0.29, 0.717) is 11.6 Å². The predicted octanol–water partition coefficient (Wildman–Crippen LogP) is 4.64. The van der Waals surface area contributed by atoms with Crippen molar-refractivity contribution in [1.82, 2.24) is 5.32 Å². The van der Waals surface area contributed by atoms with Crippen molar-refractivity contribution < 1.29 is 4.39 Å². The number of halogens is 2. The van der Waals surface area contributed by atoms with Gasteiger partial charge in [-0.2, -0.15) is 0 Å². The number of hydrogen-bond acceptors (Lipinski definition) is 1. The molecule has 0 aliphatic carbocycles. The molecule has 0 heterocycles. The fraction of sp³-hybridized carbons (Fsp3) is 0.250. The zero-order valence-corrected chi connectivity index (χ0v) is 11.8. The fourth-order valence-corrected chi connectivity index (χ4v) is 2.20. The van der Waals surface area contributed by atoms with Gasteiger partial charge in [-0.15, -0.1) is 0 Å². The Kier molecular flexibility index (Phi) is 4.56. The normalized spacial score (nSPS) is 12.4. The van der Waals surface area contributed by atoms with Gasteiger partial charge in [0.2, 0.25) is 0 Å². The largest absolute Gasteiger partial charge is 0.306 e. The first-order chi connectivity index (χ1) is 9.04. The van der Waals surface area contributed by atoms with E-state index >= 15 is 0 Å². The lowest BCUT2D eigenvalue weighted by Crippen LogP contribution is -2.18.